The second-order valence-electron chi connectivity index (χ2n) is 7.10. The standard InChI is InChI=1S/C17H22ClF3N2OSi/c1-25(2,3)9-8-24-12-23-11-15(17(19,20)21)22-16(23)14-6-4-13(10-18)5-7-14/h4-7,11H,8-10,12H2,1-3H3. The zero-order valence-corrected chi connectivity index (χ0v) is 16.3. The Morgan fingerprint density at radius 3 is 2.32 bits per heavy atom. The van der Waals surface area contributed by atoms with E-state index in [2.05, 4.69) is 24.6 Å². The van der Waals surface area contributed by atoms with Gasteiger partial charge in [0.25, 0.3) is 0 Å². The van der Waals surface area contributed by atoms with Gasteiger partial charge in [0.1, 0.15) is 12.6 Å². The third kappa shape index (κ3) is 5.86. The molecule has 0 atom stereocenters. The highest BCUT2D eigenvalue weighted by molar-refractivity contribution is 6.76. The van der Waals surface area contributed by atoms with E-state index in [-0.39, 0.29) is 12.6 Å². The molecule has 3 nitrogen and oxygen atoms in total. The number of aromatic nitrogens is 2. The molecule has 2 rings (SSSR count). The van der Waals surface area contributed by atoms with Crippen molar-refractivity contribution in [3.8, 4) is 11.4 Å². The maximum atomic E-state index is 13.0. The lowest BCUT2D eigenvalue weighted by molar-refractivity contribution is -0.141. The molecule has 0 N–H and O–H groups in total. The van der Waals surface area contributed by atoms with E-state index in [1.807, 2.05) is 0 Å². The first-order valence-electron chi connectivity index (χ1n) is 7.97. The molecule has 1 aromatic carbocycles. The van der Waals surface area contributed by atoms with Crippen LogP contribution in [0.3, 0.4) is 0 Å². The summed E-state index contributed by atoms with van der Waals surface area (Å²) in [5.74, 6) is 0.587. The van der Waals surface area contributed by atoms with E-state index in [9.17, 15) is 13.2 Å². The molecule has 25 heavy (non-hydrogen) atoms. The van der Waals surface area contributed by atoms with Crippen LogP contribution in [0.25, 0.3) is 11.4 Å². The predicted molar refractivity (Wildman–Crippen MR) is 96.3 cm³/mol. The van der Waals surface area contributed by atoms with E-state index in [1.54, 1.807) is 24.3 Å². The number of ether oxygens (including phenoxy) is 1. The zero-order valence-electron chi connectivity index (χ0n) is 14.5. The first-order chi connectivity index (χ1) is 11.6. The first kappa shape index (κ1) is 20.0. The predicted octanol–water partition coefficient (Wildman–Crippen LogP) is 5.62. The lowest BCUT2D eigenvalue weighted by Gasteiger charge is -2.16. The molecule has 0 saturated heterocycles. The molecular weight excluding hydrogens is 369 g/mol. The molecule has 8 heteroatoms. The molecule has 0 radical (unpaired) electrons. The average Bonchev–Trinajstić information content (AvgIpc) is 2.95. The normalized spacial score (nSPS) is 12.6. The van der Waals surface area contributed by atoms with Crippen LogP contribution in [0.1, 0.15) is 11.3 Å². The highest BCUT2D eigenvalue weighted by Gasteiger charge is 2.35. The smallest absolute Gasteiger partial charge is 0.361 e. The summed E-state index contributed by atoms with van der Waals surface area (Å²) < 4.78 is 46.1. The van der Waals surface area contributed by atoms with E-state index in [4.69, 9.17) is 16.3 Å². The molecule has 0 amide bonds. The lowest BCUT2D eigenvalue weighted by atomic mass is 10.1. The minimum atomic E-state index is -4.49. The quantitative estimate of drug-likeness (QED) is 0.348. The third-order valence-corrected chi connectivity index (χ3v) is 5.67. The van der Waals surface area contributed by atoms with Gasteiger partial charge in [0, 0.05) is 32.3 Å². The maximum absolute atomic E-state index is 13.0. The Kier molecular flexibility index (Phi) is 6.34. The van der Waals surface area contributed by atoms with Crippen LogP contribution in [0.15, 0.2) is 30.5 Å². The van der Waals surface area contributed by atoms with Crippen molar-refractivity contribution in [1.82, 2.24) is 9.55 Å². The summed E-state index contributed by atoms with van der Waals surface area (Å²) in [6.07, 6.45) is -3.49. The van der Waals surface area contributed by atoms with Gasteiger partial charge in [0.2, 0.25) is 0 Å². The molecule has 0 bridgehead atoms. The molecule has 138 valence electrons. The second-order valence-corrected chi connectivity index (χ2v) is 13.0. The van der Waals surface area contributed by atoms with Gasteiger partial charge in [-0.1, -0.05) is 43.9 Å². The van der Waals surface area contributed by atoms with Crippen LogP contribution in [-0.4, -0.2) is 24.2 Å². The van der Waals surface area contributed by atoms with E-state index in [0.717, 1.165) is 17.8 Å². The molecule has 0 aliphatic heterocycles. The van der Waals surface area contributed by atoms with Gasteiger partial charge in [0.15, 0.2) is 5.69 Å². The number of imidazole rings is 1. The molecule has 2 aromatic rings. The van der Waals surface area contributed by atoms with Crippen LogP contribution in [0.5, 0.6) is 0 Å². The number of rotatable bonds is 7. The third-order valence-electron chi connectivity index (χ3n) is 3.66. The molecule has 1 aromatic heterocycles. The second kappa shape index (κ2) is 7.93. The number of alkyl halides is 4. The van der Waals surface area contributed by atoms with Gasteiger partial charge in [-0.25, -0.2) is 4.98 Å². The van der Waals surface area contributed by atoms with Crippen molar-refractivity contribution in [2.24, 2.45) is 0 Å². The van der Waals surface area contributed by atoms with Crippen molar-refractivity contribution >= 4 is 19.7 Å². The summed E-state index contributed by atoms with van der Waals surface area (Å²) in [4.78, 5) is 3.77. The molecule has 0 spiro atoms. The van der Waals surface area contributed by atoms with E-state index < -0.39 is 19.9 Å². The van der Waals surface area contributed by atoms with E-state index >= 15 is 0 Å². The number of hydrogen-bond donors (Lipinski definition) is 0. The van der Waals surface area contributed by atoms with Crippen molar-refractivity contribution in [3.63, 3.8) is 0 Å². The number of benzene rings is 1. The highest BCUT2D eigenvalue weighted by Crippen LogP contribution is 2.31. The van der Waals surface area contributed by atoms with Gasteiger partial charge >= 0.3 is 6.18 Å². The van der Waals surface area contributed by atoms with Crippen molar-refractivity contribution in [1.29, 1.82) is 0 Å². The van der Waals surface area contributed by atoms with Crippen LogP contribution < -0.4 is 0 Å². The maximum Gasteiger partial charge on any atom is 0.434 e. The molecular formula is C17H22ClF3N2OSi. The summed E-state index contributed by atoms with van der Waals surface area (Å²) in [6.45, 7) is 7.23. The first-order valence-corrected chi connectivity index (χ1v) is 12.2. The topological polar surface area (TPSA) is 27.1 Å². The minimum Gasteiger partial charge on any atom is -0.361 e. The van der Waals surface area contributed by atoms with Gasteiger partial charge in [0.05, 0.1) is 0 Å². The summed E-state index contributed by atoms with van der Waals surface area (Å²) in [5.41, 5.74) is 0.571. The minimum absolute atomic E-state index is 0.0418. The van der Waals surface area contributed by atoms with Gasteiger partial charge in [-0.15, -0.1) is 11.6 Å². The fourth-order valence-electron chi connectivity index (χ4n) is 2.17. The van der Waals surface area contributed by atoms with Crippen LogP contribution in [0, 0.1) is 0 Å². The van der Waals surface area contributed by atoms with E-state index in [1.165, 1.54) is 4.57 Å². The fraction of sp³-hybridized carbons (Fsp3) is 0.471. The van der Waals surface area contributed by atoms with Crippen LogP contribution in [0.2, 0.25) is 25.7 Å². The SMILES string of the molecule is C[Si](C)(C)CCOCn1cc(C(F)(F)F)nc1-c1ccc(CCl)cc1. The number of nitrogens with zero attached hydrogens (tertiary/aromatic N) is 2. The molecule has 0 fully saturated rings. The number of hydrogen-bond acceptors (Lipinski definition) is 2. The summed E-state index contributed by atoms with van der Waals surface area (Å²) in [5, 5.41) is 0. The van der Waals surface area contributed by atoms with Crippen LogP contribution in [0.4, 0.5) is 13.2 Å². The molecule has 0 saturated carbocycles. The van der Waals surface area contributed by atoms with Gasteiger partial charge in [-0.05, 0) is 11.6 Å². The largest absolute Gasteiger partial charge is 0.434 e. The highest BCUT2D eigenvalue weighted by atomic mass is 35.5. The lowest BCUT2D eigenvalue weighted by Crippen LogP contribution is -2.22. The molecule has 0 aliphatic carbocycles. The Morgan fingerprint density at radius 2 is 1.80 bits per heavy atom. The van der Waals surface area contributed by atoms with Crippen molar-refractivity contribution in [3.05, 3.63) is 41.7 Å². The monoisotopic (exact) mass is 390 g/mol. The Balaban J connectivity index is 2.22. The molecule has 0 unspecified atom stereocenters. The molecule has 0 aliphatic rings. The van der Waals surface area contributed by atoms with Crippen molar-refractivity contribution < 1.29 is 17.9 Å². The number of halogens is 4. The summed E-state index contributed by atoms with van der Waals surface area (Å²) >= 11 is 5.76. The Labute approximate surface area is 151 Å². The summed E-state index contributed by atoms with van der Waals surface area (Å²) in [6, 6.07) is 7.95. The van der Waals surface area contributed by atoms with Gasteiger partial charge in [-0.3, -0.25) is 0 Å². The average molecular weight is 391 g/mol. The van der Waals surface area contributed by atoms with Gasteiger partial charge < -0.3 is 9.30 Å². The molecule has 1 heterocycles. The van der Waals surface area contributed by atoms with Crippen LogP contribution in [-0.2, 0) is 23.5 Å². The van der Waals surface area contributed by atoms with Crippen LogP contribution >= 0.6 is 11.6 Å². The van der Waals surface area contributed by atoms with Crippen molar-refractivity contribution in [2.75, 3.05) is 6.61 Å². The fourth-order valence-corrected chi connectivity index (χ4v) is 3.10. The summed E-state index contributed by atoms with van der Waals surface area (Å²) in [7, 11) is -1.25. The zero-order chi connectivity index (χ0) is 18.7. The van der Waals surface area contributed by atoms with Crippen molar-refractivity contribution in [2.45, 2.75) is 44.5 Å². The van der Waals surface area contributed by atoms with Gasteiger partial charge in [-0.2, -0.15) is 13.2 Å². The Bertz CT molecular complexity index is 693. The van der Waals surface area contributed by atoms with E-state index in [0.29, 0.717) is 18.1 Å². The Morgan fingerprint density at radius 1 is 1.16 bits per heavy atom. The Hall–Kier alpha value is -1.31.